The summed E-state index contributed by atoms with van der Waals surface area (Å²) in [5.41, 5.74) is 0.858. The van der Waals surface area contributed by atoms with Crippen LogP contribution in [0.2, 0.25) is 10.0 Å². The Kier molecular flexibility index (Phi) is 7.48. The Balaban J connectivity index is 1.45. The second kappa shape index (κ2) is 11.2. The number of aromatic nitrogens is 1. The summed E-state index contributed by atoms with van der Waals surface area (Å²) in [6.45, 7) is 0. The zero-order chi connectivity index (χ0) is 34.3. The van der Waals surface area contributed by atoms with E-state index in [1.807, 2.05) is 0 Å². The maximum atomic E-state index is 15.0. The molecule has 0 spiro atoms. The van der Waals surface area contributed by atoms with Gasteiger partial charge in [0.25, 0.3) is 11.8 Å². The predicted octanol–water partition coefficient (Wildman–Crippen LogP) is 5.39. The molecule has 15 heteroatoms. The number of rotatable bonds is 5. The number of carbonyl (C=O) groups is 4. The Morgan fingerprint density at radius 2 is 1.77 bits per heavy atom. The Hall–Kier alpha value is -4.62. The SMILES string of the molecule is COc1ccc(C2C3=CCC4C(=O)NC(=O)C4C3CC3C(=O)N(Nc4ncc(C(F)(F)F)cc4Cl)C(=O)C32c2ccc(Cl)cc2)c(O)c1. The average molecular weight is 701 g/mol. The first kappa shape index (κ1) is 32.0. The molecule has 2 aliphatic heterocycles. The molecule has 6 atom stereocenters. The Morgan fingerprint density at radius 1 is 1.04 bits per heavy atom. The number of ether oxygens (including phenoxy) is 1. The van der Waals surface area contributed by atoms with Gasteiger partial charge < -0.3 is 9.84 Å². The van der Waals surface area contributed by atoms with E-state index in [2.05, 4.69) is 15.7 Å². The van der Waals surface area contributed by atoms with Crippen LogP contribution in [0.5, 0.6) is 11.5 Å². The summed E-state index contributed by atoms with van der Waals surface area (Å²) < 4.78 is 45.3. The third kappa shape index (κ3) is 4.66. The highest BCUT2D eigenvalue weighted by Gasteiger charge is 2.70. The number of nitrogens with zero attached hydrogens (tertiary/aromatic N) is 2. The molecule has 2 saturated heterocycles. The zero-order valence-electron chi connectivity index (χ0n) is 24.8. The van der Waals surface area contributed by atoms with Gasteiger partial charge in [-0.2, -0.15) is 18.2 Å². The predicted molar refractivity (Wildman–Crippen MR) is 165 cm³/mol. The minimum Gasteiger partial charge on any atom is -0.508 e. The second-order valence-electron chi connectivity index (χ2n) is 12.2. The van der Waals surface area contributed by atoms with Crippen LogP contribution < -0.4 is 15.5 Å². The summed E-state index contributed by atoms with van der Waals surface area (Å²) in [7, 11) is 1.42. The average Bonchev–Trinajstić information content (AvgIpc) is 3.45. The first-order chi connectivity index (χ1) is 22.8. The molecule has 6 unspecified atom stereocenters. The molecule has 2 aromatic carbocycles. The number of hydrogen-bond acceptors (Lipinski definition) is 8. The van der Waals surface area contributed by atoms with Crippen LogP contribution in [0.4, 0.5) is 19.0 Å². The lowest BCUT2D eigenvalue weighted by molar-refractivity contribution is -0.139. The zero-order valence-corrected chi connectivity index (χ0v) is 26.4. The van der Waals surface area contributed by atoms with E-state index in [0.717, 1.165) is 0 Å². The molecular weight excluding hydrogens is 676 g/mol. The summed E-state index contributed by atoms with van der Waals surface area (Å²) in [5, 5.41) is 14.4. The van der Waals surface area contributed by atoms with Crippen molar-refractivity contribution in [3.63, 3.8) is 0 Å². The van der Waals surface area contributed by atoms with E-state index < -0.39 is 75.4 Å². The van der Waals surface area contributed by atoms with Crippen LogP contribution in [0.1, 0.15) is 35.4 Å². The van der Waals surface area contributed by atoms with Crippen molar-refractivity contribution < 1.29 is 42.2 Å². The number of carbonyl (C=O) groups excluding carboxylic acids is 4. The number of phenols is 1. The fourth-order valence-electron chi connectivity index (χ4n) is 7.93. The van der Waals surface area contributed by atoms with Gasteiger partial charge in [-0.3, -0.25) is 29.9 Å². The van der Waals surface area contributed by atoms with E-state index in [1.165, 1.54) is 13.2 Å². The largest absolute Gasteiger partial charge is 0.508 e. The summed E-state index contributed by atoms with van der Waals surface area (Å²) in [6, 6.07) is 11.4. The smallest absolute Gasteiger partial charge is 0.417 e. The van der Waals surface area contributed by atoms with Gasteiger partial charge in [-0.25, -0.2) is 4.98 Å². The molecule has 4 aliphatic rings. The maximum Gasteiger partial charge on any atom is 0.417 e. The van der Waals surface area contributed by atoms with Crippen molar-refractivity contribution in [1.29, 1.82) is 0 Å². The van der Waals surface area contributed by atoms with Crippen molar-refractivity contribution in [3.8, 4) is 11.5 Å². The number of halogens is 5. The summed E-state index contributed by atoms with van der Waals surface area (Å²) >= 11 is 12.4. The van der Waals surface area contributed by atoms with E-state index in [-0.39, 0.29) is 30.0 Å². The molecule has 3 aromatic rings. The molecule has 10 nitrogen and oxygen atoms in total. The van der Waals surface area contributed by atoms with Crippen molar-refractivity contribution >= 4 is 52.6 Å². The number of imide groups is 2. The molecule has 0 radical (unpaired) electrons. The van der Waals surface area contributed by atoms with E-state index in [0.29, 0.717) is 39.2 Å². The Bertz CT molecular complexity index is 1940. The summed E-state index contributed by atoms with van der Waals surface area (Å²) in [6.07, 6.45) is -2.28. The molecule has 3 N–H and O–H groups in total. The summed E-state index contributed by atoms with van der Waals surface area (Å²) in [4.78, 5) is 59.3. The molecule has 3 heterocycles. The van der Waals surface area contributed by atoms with E-state index in [1.54, 1.807) is 42.5 Å². The number of allylic oxidation sites excluding steroid dienone is 2. The fraction of sp³-hybridized carbons (Fsp3) is 0.303. The monoisotopic (exact) mass is 700 g/mol. The molecule has 3 fully saturated rings. The molecule has 0 bridgehead atoms. The lowest BCUT2D eigenvalue weighted by Crippen LogP contribution is -2.53. The number of alkyl halides is 3. The van der Waals surface area contributed by atoms with E-state index in [9.17, 15) is 32.7 Å². The first-order valence-corrected chi connectivity index (χ1v) is 15.6. The highest BCUT2D eigenvalue weighted by molar-refractivity contribution is 6.33. The molecule has 248 valence electrons. The number of benzene rings is 2. The van der Waals surface area contributed by atoms with Crippen molar-refractivity contribution in [1.82, 2.24) is 15.3 Å². The minimum atomic E-state index is -4.74. The standard InChI is InChI=1S/C33H25Cl2F3N4O6/c1-48-17-6-7-19(24(43)11-17)26-18-8-9-20-25(29(45)40-28(20)44)21(18)12-22-30(46)42(31(47)32(22,26)14-2-4-16(34)5-3-14)41-27-23(35)10-15(13-39-27)33(36,37)38/h2-8,10-11,13,20-22,25-26,43H,9,12H2,1H3,(H,39,41)(H,40,44,45). The Labute approximate surface area is 280 Å². The van der Waals surface area contributed by atoms with Crippen molar-refractivity contribution in [2.75, 3.05) is 12.5 Å². The number of pyridine rings is 1. The highest BCUT2D eigenvalue weighted by Crippen LogP contribution is 2.64. The number of nitrogens with one attached hydrogen (secondary N) is 2. The minimum absolute atomic E-state index is 0.0410. The number of phenolic OH excluding ortho intramolecular Hbond substituents is 1. The van der Waals surface area contributed by atoms with Gasteiger partial charge in [0.05, 0.1) is 40.9 Å². The maximum absolute atomic E-state index is 15.0. The van der Waals surface area contributed by atoms with Gasteiger partial charge in [0.2, 0.25) is 11.8 Å². The number of hydrogen-bond donors (Lipinski definition) is 3. The molecule has 7 rings (SSSR count). The van der Waals surface area contributed by atoms with Gasteiger partial charge in [0.15, 0.2) is 5.82 Å². The fourth-order valence-corrected chi connectivity index (χ4v) is 8.27. The lowest BCUT2D eigenvalue weighted by Gasteiger charge is -2.50. The van der Waals surface area contributed by atoms with Crippen LogP contribution >= 0.6 is 23.2 Å². The molecule has 4 amide bonds. The van der Waals surface area contributed by atoms with Gasteiger partial charge in [-0.15, -0.1) is 0 Å². The van der Waals surface area contributed by atoms with E-state index >= 15 is 4.79 Å². The van der Waals surface area contributed by atoms with Gasteiger partial charge in [-0.05, 0) is 48.6 Å². The van der Waals surface area contributed by atoms with Crippen molar-refractivity contribution in [2.24, 2.45) is 23.7 Å². The number of aromatic hydroxyl groups is 1. The second-order valence-corrected chi connectivity index (χ2v) is 13.0. The van der Waals surface area contributed by atoms with E-state index in [4.69, 9.17) is 27.9 Å². The van der Waals surface area contributed by atoms with Crippen LogP contribution in [0.3, 0.4) is 0 Å². The molecule has 48 heavy (non-hydrogen) atoms. The van der Waals surface area contributed by atoms with Gasteiger partial charge >= 0.3 is 6.18 Å². The van der Waals surface area contributed by atoms with Gasteiger partial charge in [0.1, 0.15) is 11.5 Å². The number of methoxy groups -OCH3 is 1. The molecule has 2 aliphatic carbocycles. The normalized spacial score (nSPS) is 28.0. The van der Waals surface area contributed by atoms with Crippen molar-refractivity contribution in [3.05, 3.63) is 93.1 Å². The topological polar surface area (TPSA) is 138 Å². The molecule has 1 saturated carbocycles. The number of anilines is 1. The third-order valence-electron chi connectivity index (χ3n) is 9.95. The molecule has 1 aromatic heterocycles. The van der Waals surface area contributed by atoms with Gasteiger partial charge in [-0.1, -0.05) is 53.1 Å². The quantitative estimate of drug-likeness (QED) is 0.238. The Morgan fingerprint density at radius 3 is 2.42 bits per heavy atom. The van der Waals surface area contributed by atoms with Crippen LogP contribution in [0, 0.1) is 23.7 Å². The van der Waals surface area contributed by atoms with Crippen LogP contribution in [0.25, 0.3) is 0 Å². The van der Waals surface area contributed by atoms with Crippen LogP contribution in [0.15, 0.2) is 66.4 Å². The summed E-state index contributed by atoms with van der Waals surface area (Å²) in [5.74, 6) is -7.25. The number of fused-ring (bicyclic) bond motifs is 4. The van der Waals surface area contributed by atoms with Crippen LogP contribution in [-0.2, 0) is 30.8 Å². The lowest BCUT2D eigenvalue weighted by atomic mass is 9.49. The highest BCUT2D eigenvalue weighted by atomic mass is 35.5. The van der Waals surface area contributed by atoms with Crippen molar-refractivity contribution in [2.45, 2.75) is 30.4 Å². The van der Waals surface area contributed by atoms with Crippen LogP contribution in [-0.4, -0.2) is 45.8 Å². The number of amides is 4. The van der Waals surface area contributed by atoms with Gasteiger partial charge in [0, 0.05) is 28.8 Å². The third-order valence-corrected chi connectivity index (χ3v) is 10.5. The molecular formula is C33H25Cl2F3N4O6. The number of hydrazine groups is 1. The first-order valence-electron chi connectivity index (χ1n) is 14.8.